The number of guanidine groups is 1. The zero-order chi connectivity index (χ0) is 17.2. The van der Waals surface area contributed by atoms with Gasteiger partial charge in [0.05, 0.1) is 7.11 Å². The van der Waals surface area contributed by atoms with Gasteiger partial charge >= 0.3 is 0 Å². The number of nitrogens with zero attached hydrogens (tertiary/aromatic N) is 2. The van der Waals surface area contributed by atoms with Gasteiger partial charge in [-0.3, -0.25) is 4.99 Å². The second-order valence-corrected chi connectivity index (χ2v) is 6.47. The van der Waals surface area contributed by atoms with Crippen LogP contribution in [0.5, 0.6) is 5.88 Å². The lowest BCUT2D eigenvalue weighted by Crippen LogP contribution is -2.37. The zero-order valence-electron chi connectivity index (χ0n) is 14.2. The van der Waals surface area contributed by atoms with Gasteiger partial charge in [0.2, 0.25) is 5.88 Å². The Morgan fingerprint density at radius 2 is 2.00 bits per heavy atom. The smallest absolute Gasteiger partial charge is 0.213 e. The highest BCUT2D eigenvalue weighted by Crippen LogP contribution is 2.19. The van der Waals surface area contributed by atoms with Gasteiger partial charge in [-0.05, 0) is 35.9 Å². The third kappa shape index (κ3) is 8.15. The van der Waals surface area contributed by atoms with Crippen LogP contribution < -0.4 is 15.4 Å². The summed E-state index contributed by atoms with van der Waals surface area (Å²) < 4.78 is 5.12. The minimum absolute atomic E-state index is 0. The van der Waals surface area contributed by atoms with E-state index in [1.54, 1.807) is 32.1 Å². The number of aromatic nitrogens is 1. The number of thioether (sulfide) groups is 1. The maximum absolute atomic E-state index is 5.88. The highest BCUT2D eigenvalue weighted by molar-refractivity contribution is 14.0. The third-order valence-corrected chi connectivity index (χ3v) is 4.43. The molecule has 2 aromatic rings. The first kappa shape index (κ1) is 21.9. The highest BCUT2D eigenvalue weighted by Gasteiger charge is 2.01. The monoisotopic (exact) mass is 492 g/mol. The number of rotatable bonds is 7. The summed E-state index contributed by atoms with van der Waals surface area (Å²) in [6.07, 6.45) is 1.73. The van der Waals surface area contributed by atoms with Gasteiger partial charge < -0.3 is 15.4 Å². The Labute approximate surface area is 175 Å². The molecule has 8 heteroatoms. The Bertz CT molecular complexity index is 670. The maximum atomic E-state index is 5.88. The average Bonchev–Trinajstić information content (AvgIpc) is 2.63. The number of hydrogen-bond donors (Lipinski definition) is 2. The Hall–Kier alpha value is -1.19. The van der Waals surface area contributed by atoms with Crippen LogP contribution in [0.1, 0.15) is 5.56 Å². The van der Waals surface area contributed by atoms with E-state index in [0.717, 1.165) is 28.8 Å². The van der Waals surface area contributed by atoms with Crippen molar-refractivity contribution in [1.82, 2.24) is 15.6 Å². The van der Waals surface area contributed by atoms with E-state index < -0.39 is 0 Å². The summed E-state index contributed by atoms with van der Waals surface area (Å²) in [5.74, 6) is 2.31. The van der Waals surface area contributed by atoms with E-state index in [0.29, 0.717) is 12.4 Å². The molecule has 1 aromatic heterocycles. The van der Waals surface area contributed by atoms with E-state index in [9.17, 15) is 0 Å². The van der Waals surface area contributed by atoms with Gasteiger partial charge in [-0.15, -0.1) is 35.7 Å². The molecule has 0 amide bonds. The summed E-state index contributed by atoms with van der Waals surface area (Å²) in [4.78, 5) is 9.52. The van der Waals surface area contributed by atoms with Crippen LogP contribution in [0, 0.1) is 0 Å². The minimum atomic E-state index is 0. The molecule has 0 unspecified atom stereocenters. The average molecular weight is 493 g/mol. The van der Waals surface area contributed by atoms with Gasteiger partial charge in [-0.1, -0.05) is 11.6 Å². The molecule has 136 valence electrons. The van der Waals surface area contributed by atoms with Crippen LogP contribution >= 0.6 is 47.3 Å². The molecule has 0 aliphatic heterocycles. The SMILES string of the molecule is CN=C(NCCSc1ccc(Cl)cc1)NCc1ccnc(OC)c1.I. The molecular weight excluding hydrogens is 471 g/mol. The molecule has 0 radical (unpaired) electrons. The van der Waals surface area contributed by atoms with Crippen molar-refractivity contribution in [2.45, 2.75) is 11.4 Å². The van der Waals surface area contributed by atoms with E-state index in [4.69, 9.17) is 16.3 Å². The van der Waals surface area contributed by atoms with Crippen molar-refractivity contribution in [3.63, 3.8) is 0 Å². The number of benzene rings is 1. The van der Waals surface area contributed by atoms with Crippen LogP contribution in [0.2, 0.25) is 5.02 Å². The van der Waals surface area contributed by atoms with E-state index in [-0.39, 0.29) is 24.0 Å². The standard InChI is InChI=1S/C17H21ClN4OS.HI/c1-19-17(22-12-13-7-8-20-16(11-13)23-2)21-9-10-24-15-5-3-14(18)4-6-15;/h3-8,11H,9-10,12H2,1-2H3,(H2,19,21,22);1H. The molecular formula is C17H22ClIN4OS. The number of nitrogens with one attached hydrogen (secondary N) is 2. The zero-order valence-corrected chi connectivity index (χ0v) is 18.1. The second kappa shape index (κ2) is 12.2. The van der Waals surface area contributed by atoms with E-state index in [2.05, 4.69) is 20.6 Å². The lowest BCUT2D eigenvalue weighted by molar-refractivity contribution is 0.397. The lowest BCUT2D eigenvalue weighted by atomic mass is 10.2. The molecule has 0 atom stereocenters. The molecule has 2 rings (SSSR count). The Kier molecular flexibility index (Phi) is 10.7. The Morgan fingerprint density at radius 1 is 1.24 bits per heavy atom. The normalized spacial score (nSPS) is 10.8. The fraction of sp³-hybridized carbons (Fsp3) is 0.294. The minimum Gasteiger partial charge on any atom is -0.481 e. The summed E-state index contributed by atoms with van der Waals surface area (Å²) in [5, 5.41) is 7.33. The first-order valence-corrected chi connectivity index (χ1v) is 8.89. The summed E-state index contributed by atoms with van der Waals surface area (Å²) >= 11 is 7.65. The lowest BCUT2D eigenvalue weighted by Gasteiger charge is -2.12. The number of aliphatic imine (C=N–C) groups is 1. The first-order valence-electron chi connectivity index (χ1n) is 7.53. The predicted octanol–water partition coefficient (Wildman–Crippen LogP) is 3.82. The molecule has 2 N–H and O–H groups in total. The molecule has 0 bridgehead atoms. The van der Waals surface area contributed by atoms with Crippen molar-refractivity contribution in [3.8, 4) is 5.88 Å². The van der Waals surface area contributed by atoms with Crippen molar-refractivity contribution in [1.29, 1.82) is 0 Å². The summed E-state index contributed by atoms with van der Waals surface area (Å²) in [5.41, 5.74) is 1.08. The molecule has 25 heavy (non-hydrogen) atoms. The van der Waals surface area contributed by atoms with Crippen LogP contribution in [0.15, 0.2) is 52.5 Å². The molecule has 5 nitrogen and oxygen atoms in total. The molecule has 0 spiro atoms. The molecule has 1 heterocycles. The summed E-state index contributed by atoms with van der Waals surface area (Å²) in [7, 11) is 3.37. The molecule has 0 saturated heterocycles. The summed E-state index contributed by atoms with van der Waals surface area (Å²) in [6, 6.07) is 11.7. The van der Waals surface area contributed by atoms with Crippen molar-refractivity contribution in [3.05, 3.63) is 53.2 Å². The van der Waals surface area contributed by atoms with Crippen LogP contribution in [-0.4, -0.2) is 37.4 Å². The van der Waals surface area contributed by atoms with Crippen molar-refractivity contribution >= 4 is 53.3 Å². The van der Waals surface area contributed by atoms with Crippen LogP contribution in [0.4, 0.5) is 0 Å². The fourth-order valence-corrected chi connectivity index (χ4v) is 2.84. The molecule has 0 fully saturated rings. The predicted molar refractivity (Wildman–Crippen MR) is 117 cm³/mol. The van der Waals surface area contributed by atoms with Gasteiger partial charge in [-0.25, -0.2) is 4.98 Å². The molecule has 0 aliphatic carbocycles. The number of hydrogen-bond acceptors (Lipinski definition) is 4. The van der Waals surface area contributed by atoms with E-state index >= 15 is 0 Å². The quantitative estimate of drug-likeness (QED) is 0.202. The number of halogens is 2. The van der Waals surface area contributed by atoms with E-state index in [1.165, 1.54) is 4.90 Å². The van der Waals surface area contributed by atoms with Gasteiger partial charge in [0.1, 0.15) is 0 Å². The second-order valence-electron chi connectivity index (χ2n) is 4.86. The maximum Gasteiger partial charge on any atom is 0.213 e. The Morgan fingerprint density at radius 3 is 2.68 bits per heavy atom. The molecule has 0 aliphatic rings. The molecule has 1 aromatic carbocycles. The number of pyridine rings is 1. The van der Waals surface area contributed by atoms with Crippen LogP contribution in [-0.2, 0) is 6.54 Å². The van der Waals surface area contributed by atoms with Gasteiger partial charge in [0.25, 0.3) is 0 Å². The van der Waals surface area contributed by atoms with Crippen LogP contribution in [0.25, 0.3) is 0 Å². The largest absolute Gasteiger partial charge is 0.481 e. The van der Waals surface area contributed by atoms with Crippen molar-refractivity contribution < 1.29 is 4.74 Å². The topological polar surface area (TPSA) is 58.5 Å². The van der Waals surface area contributed by atoms with Crippen molar-refractivity contribution in [2.75, 3.05) is 26.5 Å². The van der Waals surface area contributed by atoms with Gasteiger partial charge in [0.15, 0.2) is 5.96 Å². The number of methoxy groups -OCH3 is 1. The van der Waals surface area contributed by atoms with Crippen molar-refractivity contribution in [2.24, 2.45) is 4.99 Å². The number of ether oxygens (including phenoxy) is 1. The summed E-state index contributed by atoms with van der Waals surface area (Å²) in [6.45, 7) is 1.47. The van der Waals surface area contributed by atoms with Gasteiger partial charge in [-0.2, -0.15) is 0 Å². The fourth-order valence-electron chi connectivity index (χ4n) is 1.95. The van der Waals surface area contributed by atoms with Gasteiger partial charge in [0, 0.05) is 48.1 Å². The Balaban J connectivity index is 0.00000312. The van der Waals surface area contributed by atoms with Crippen LogP contribution in [0.3, 0.4) is 0 Å². The highest BCUT2D eigenvalue weighted by atomic mass is 127. The van der Waals surface area contributed by atoms with E-state index in [1.807, 2.05) is 36.4 Å². The third-order valence-electron chi connectivity index (χ3n) is 3.17. The first-order chi connectivity index (χ1) is 11.7. The molecule has 0 saturated carbocycles.